The maximum Gasteiger partial charge on any atom is 0.125 e. The van der Waals surface area contributed by atoms with Crippen molar-refractivity contribution in [3.63, 3.8) is 0 Å². The summed E-state index contributed by atoms with van der Waals surface area (Å²) in [4.78, 5) is 0.752. The lowest BCUT2D eigenvalue weighted by Gasteiger charge is -2.17. The van der Waals surface area contributed by atoms with Crippen LogP contribution in [0.4, 0.5) is 0 Å². The molecule has 0 spiro atoms. The fourth-order valence-electron chi connectivity index (χ4n) is 2.11. The second-order valence-corrected chi connectivity index (χ2v) is 6.51. The van der Waals surface area contributed by atoms with Gasteiger partial charge in [-0.1, -0.05) is 48.0 Å². The summed E-state index contributed by atoms with van der Waals surface area (Å²) >= 11 is 0. The first kappa shape index (κ1) is 15.9. The second kappa shape index (κ2) is 7.50. The van der Waals surface area contributed by atoms with Gasteiger partial charge in [-0.3, -0.25) is 0 Å². The van der Waals surface area contributed by atoms with Gasteiger partial charge in [0.25, 0.3) is 0 Å². The Morgan fingerprint density at radius 2 is 1.71 bits per heavy atom. The molecule has 4 heteroatoms. The predicted octanol–water partition coefficient (Wildman–Crippen LogP) is 3.12. The molecule has 112 valence electrons. The monoisotopic (exact) mass is 303 g/mol. The molecule has 2 aromatic rings. The van der Waals surface area contributed by atoms with Crippen molar-refractivity contribution in [2.75, 3.05) is 0 Å². The van der Waals surface area contributed by atoms with Gasteiger partial charge in [0, 0.05) is 6.04 Å². The molecule has 0 aliphatic rings. The molecule has 0 unspecified atom stereocenters. The molecule has 0 bridgehead atoms. The zero-order chi connectivity index (χ0) is 15.2. The van der Waals surface area contributed by atoms with E-state index in [4.69, 9.17) is 0 Å². The molecule has 3 atom stereocenters. The zero-order valence-corrected chi connectivity index (χ0v) is 13.1. The van der Waals surface area contributed by atoms with Crippen LogP contribution in [0.5, 0.6) is 0 Å². The lowest BCUT2D eigenvalue weighted by atomic mass is 10.0. The van der Waals surface area contributed by atoms with Crippen LogP contribution in [0.2, 0.25) is 0 Å². The third-order valence-corrected chi connectivity index (χ3v) is 4.62. The van der Waals surface area contributed by atoms with Crippen LogP contribution in [0.1, 0.15) is 30.6 Å². The van der Waals surface area contributed by atoms with Gasteiger partial charge in [0.05, 0.1) is 11.0 Å². The Kier molecular flexibility index (Phi) is 5.67. The fraction of sp³-hybridized carbons (Fsp3) is 0.294. The van der Waals surface area contributed by atoms with Gasteiger partial charge in [0.1, 0.15) is 11.0 Å². The molecule has 0 aliphatic carbocycles. The van der Waals surface area contributed by atoms with Gasteiger partial charge >= 0.3 is 0 Å². The van der Waals surface area contributed by atoms with Crippen LogP contribution < -0.4 is 4.72 Å². The average Bonchev–Trinajstić information content (AvgIpc) is 2.48. The van der Waals surface area contributed by atoms with Crippen molar-refractivity contribution in [1.82, 2.24) is 4.72 Å². The minimum Gasteiger partial charge on any atom is -0.388 e. The van der Waals surface area contributed by atoms with Gasteiger partial charge in [0.15, 0.2) is 0 Å². The Morgan fingerprint density at radius 1 is 1.10 bits per heavy atom. The summed E-state index contributed by atoms with van der Waals surface area (Å²) in [5, 5.41) is 10.2. The lowest BCUT2D eigenvalue weighted by Crippen LogP contribution is -2.29. The molecule has 2 rings (SSSR count). The molecule has 0 amide bonds. The summed E-state index contributed by atoms with van der Waals surface area (Å²) in [6.07, 6.45) is -0.0366. The van der Waals surface area contributed by atoms with Gasteiger partial charge in [-0.2, -0.15) is 0 Å². The van der Waals surface area contributed by atoms with E-state index >= 15 is 0 Å². The van der Waals surface area contributed by atoms with Crippen molar-refractivity contribution in [2.24, 2.45) is 0 Å². The Morgan fingerprint density at radius 3 is 2.33 bits per heavy atom. The first-order chi connectivity index (χ1) is 10.1. The lowest BCUT2D eigenvalue weighted by molar-refractivity contribution is 0.158. The van der Waals surface area contributed by atoms with E-state index in [1.807, 2.05) is 68.4 Å². The molecule has 0 fully saturated rings. The highest BCUT2D eigenvalue weighted by molar-refractivity contribution is 7.83. The maximum absolute atomic E-state index is 12.2. The fourth-order valence-corrected chi connectivity index (χ4v) is 3.09. The molecule has 2 N–H and O–H groups in total. The summed E-state index contributed by atoms with van der Waals surface area (Å²) in [6, 6.07) is 17.1. The number of aryl methyl sites for hydroxylation is 1. The Hall–Kier alpha value is -1.49. The highest BCUT2D eigenvalue weighted by Crippen LogP contribution is 2.18. The minimum atomic E-state index is -1.26. The number of nitrogens with one attached hydrogen (secondary N) is 1. The minimum absolute atomic E-state index is 0.0534. The number of aliphatic hydroxyl groups excluding tert-OH is 1. The van der Waals surface area contributed by atoms with E-state index in [2.05, 4.69) is 4.72 Å². The summed E-state index contributed by atoms with van der Waals surface area (Å²) < 4.78 is 15.2. The number of hydrogen-bond acceptors (Lipinski definition) is 2. The molecule has 21 heavy (non-hydrogen) atoms. The van der Waals surface area contributed by atoms with Crippen LogP contribution in [0.3, 0.4) is 0 Å². The smallest absolute Gasteiger partial charge is 0.125 e. The Balaban J connectivity index is 1.91. The highest BCUT2D eigenvalue weighted by atomic mass is 32.2. The number of hydrogen-bond donors (Lipinski definition) is 2. The standard InChI is InChI=1S/C17H21NO2S/c1-13-8-10-16(11-9-13)21(20)18-14(2)12-17(19)15-6-4-3-5-7-15/h3-11,14,17-19H,12H2,1-2H3/t14-,17+,21-/m0/s1. The van der Waals surface area contributed by atoms with Crippen molar-refractivity contribution in [1.29, 1.82) is 0 Å². The van der Waals surface area contributed by atoms with Gasteiger partial charge in [-0.15, -0.1) is 0 Å². The van der Waals surface area contributed by atoms with Crippen LogP contribution >= 0.6 is 0 Å². The summed E-state index contributed by atoms with van der Waals surface area (Å²) in [7, 11) is -1.26. The SMILES string of the molecule is Cc1ccc([S@](=O)N[C@@H](C)C[C@@H](O)c2ccccc2)cc1. The van der Waals surface area contributed by atoms with Gasteiger partial charge in [0.2, 0.25) is 0 Å². The van der Waals surface area contributed by atoms with Crippen molar-refractivity contribution in [2.45, 2.75) is 37.3 Å². The molecule has 0 aromatic heterocycles. The first-order valence-electron chi connectivity index (χ1n) is 7.04. The molecule has 0 radical (unpaired) electrons. The van der Waals surface area contributed by atoms with E-state index in [1.54, 1.807) is 0 Å². The average molecular weight is 303 g/mol. The van der Waals surface area contributed by atoms with Crippen molar-refractivity contribution in [3.8, 4) is 0 Å². The Bertz CT molecular complexity index is 583. The van der Waals surface area contributed by atoms with E-state index < -0.39 is 17.1 Å². The van der Waals surface area contributed by atoms with Crippen LogP contribution in [0.25, 0.3) is 0 Å². The van der Waals surface area contributed by atoms with Gasteiger partial charge in [-0.05, 0) is 38.0 Å². The summed E-state index contributed by atoms with van der Waals surface area (Å²) in [5.74, 6) is 0. The van der Waals surface area contributed by atoms with E-state index in [0.717, 1.165) is 16.0 Å². The van der Waals surface area contributed by atoms with Crippen LogP contribution in [-0.2, 0) is 11.0 Å². The molecule has 0 saturated carbocycles. The van der Waals surface area contributed by atoms with Gasteiger partial charge in [-0.25, -0.2) is 8.93 Å². The molecular weight excluding hydrogens is 282 g/mol. The molecule has 2 aromatic carbocycles. The number of aliphatic hydroxyl groups is 1. The zero-order valence-electron chi connectivity index (χ0n) is 12.3. The summed E-state index contributed by atoms with van der Waals surface area (Å²) in [5.41, 5.74) is 2.02. The van der Waals surface area contributed by atoms with E-state index in [9.17, 15) is 9.32 Å². The largest absolute Gasteiger partial charge is 0.388 e. The van der Waals surface area contributed by atoms with Crippen molar-refractivity contribution >= 4 is 11.0 Å². The Labute approximate surface area is 128 Å². The van der Waals surface area contributed by atoms with Crippen LogP contribution in [-0.4, -0.2) is 15.4 Å². The normalized spacial score (nSPS) is 15.4. The van der Waals surface area contributed by atoms with E-state index in [-0.39, 0.29) is 6.04 Å². The highest BCUT2D eigenvalue weighted by Gasteiger charge is 2.14. The second-order valence-electron chi connectivity index (χ2n) is 5.26. The van der Waals surface area contributed by atoms with E-state index in [0.29, 0.717) is 6.42 Å². The maximum atomic E-state index is 12.2. The number of rotatable bonds is 6. The topological polar surface area (TPSA) is 49.3 Å². The third kappa shape index (κ3) is 4.77. The molecule has 0 saturated heterocycles. The third-order valence-electron chi connectivity index (χ3n) is 3.30. The molecular formula is C17H21NO2S. The van der Waals surface area contributed by atoms with Gasteiger partial charge < -0.3 is 5.11 Å². The predicted molar refractivity (Wildman–Crippen MR) is 86.2 cm³/mol. The van der Waals surface area contributed by atoms with Crippen molar-refractivity contribution in [3.05, 3.63) is 65.7 Å². The first-order valence-corrected chi connectivity index (χ1v) is 8.19. The van der Waals surface area contributed by atoms with E-state index in [1.165, 1.54) is 0 Å². The van der Waals surface area contributed by atoms with Crippen LogP contribution in [0, 0.1) is 6.92 Å². The van der Waals surface area contributed by atoms with Crippen molar-refractivity contribution < 1.29 is 9.32 Å². The quantitative estimate of drug-likeness (QED) is 0.861. The van der Waals surface area contributed by atoms with Crippen LogP contribution in [0.15, 0.2) is 59.5 Å². The molecule has 0 aliphatic heterocycles. The molecule has 0 heterocycles. The number of benzene rings is 2. The summed E-state index contributed by atoms with van der Waals surface area (Å²) in [6.45, 7) is 3.93. The molecule has 3 nitrogen and oxygen atoms in total.